The highest BCUT2D eigenvalue weighted by Gasteiger charge is 2.17. The quantitative estimate of drug-likeness (QED) is 0.849. The summed E-state index contributed by atoms with van der Waals surface area (Å²) in [6.45, 7) is 3.83. The van der Waals surface area contributed by atoms with Crippen molar-refractivity contribution in [3.8, 4) is 0 Å². The molecule has 1 aliphatic rings. The average molecular weight is 224 g/mol. The van der Waals surface area contributed by atoms with Crippen LogP contribution in [-0.4, -0.2) is 25.2 Å². The van der Waals surface area contributed by atoms with Crippen molar-refractivity contribution >= 4 is 0 Å². The second kappa shape index (κ2) is 5.46. The molecule has 1 atom stereocenters. The minimum absolute atomic E-state index is 0.232. The van der Waals surface area contributed by atoms with Crippen LogP contribution in [0.5, 0.6) is 0 Å². The largest absolute Gasteiger partial charge is 0.444 e. The number of nitrogens with zero attached hydrogens (tertiary/aromatic N) is 1. The second-order valence-corrected chi connectivity index (χ2v) is 4.43. The summed E-state index contributed by atoms with van der Waals surface area (Å²) in [5.41, 5.74) is 0. The first-order valence-electron chi connectivity index (χ1n) is 5.99. The molecule has 90 valence electrons. The van der Waals surface area contributed by atoms with Gasteiger partial charge in [0.05, 0.1) is 12.2 Å². The number of ether oxygens (including phenoxy) is 1. The molecule has 1 unspecified atom stereocenters. The van der Waals surface area contributed by atoms with Crippen molar-refractivity contribution in [1.29, 1.82) is 0 Å². The molecule has 0 spiro atoms. The normalized spacial score (nSPS) is 19.9. The van der Waals surface area contributed by atoms with Gasteiger partial charge in [0.2, 0.25) is 0 Å². The van der Waals surface area contributed by atoms with E-state index in [-0.39, 0.29) is 6.04 Å². The van der Waals surface area contributed by atoms with Gasteiger partial charge < -0.3 is 14.5 Å². The van der Waals surface area contributed by atoms with Gasteiger partial charge in [-0.05, 0) is 32.7 Å². The molecule has 0 aromatic carbocycles. The van der Waals surface area contributed by atoms with Gasteiger partial charge in [0, 0.05) is 19.6 Å². The molecule has 1 saturated heterocycles. The van der Waals surface area contributed by atoms with Crippen LogP contribution in [0.25, 0.3) is 0 Å². The number of hydrogen-bond acceptors (Lipinski definition) is 4. The van der Waals surface area contributed by atoms with Gasteiger partial charge in [-0.15, -0.1) is 0 Å². The van der Waals surface area contributed by atoms with E-state index < -0.39 is 0 Å². The van der Waals surface area contributed by atoms with E-state index in [1.807, 2.05) is 13.2 Å². The predicted octanol–water partition coefficient (Wildman–Crippen LogP) is 1.92. The molecular weight excluding hydrogens is 204 g/mol. The Morgan fingerprint density at radius 3 is 2.94 bits per heavy atom. The number of hydrogen-bond donors (Lipinski definition) is 1. The zero-order valence-electron chi connectivity index (χ0n) is 10.0. The van der Waals surface area contributed by atoms with Crippen molar-refractivity contribution < 1.29 is 9.15 Å². The summed E-state index contributed by atoms with van der Waals surface area (Å²) >= 11 is 0. The Labute approximate surface area is 96.4 Å². The first-order valence-corrected chi connectivity index (χ1v) is 5.99. The Hall–Kier alpha value is -0.870. The highest BCUT2D eigenvalue weighted by Crippen LogP contribution is 2.21. The van der Waals surface area contributed by atoms with Gasteiger partial charge in [-0.25, -0.2) is 4.98 Å². The van der Waals surface area contributed by atoms with E-state index >= 15 is 0 Å². The van der Waals surface area contributed by atoms with Crippen molar-refractivity contribution in [3.63, 3.8) is 0 Å². The van der Waals surface area contributed by atoms with Crippen LogP contribution in [0.3, 0.4) is 0 Å². The first-order chi connectivity index (χ1) is 7.79. The van der Waals surface area contributed by atoms with Crippen LogP contribution in [0.2, 0.25) is 0 Å². The van der Waals surface area contributed by atoms with E-state index in [0.717, 1.165) is 44.1 Å². The summed E-state index contributed by atoms with van der Waals surface area (Å²) < 4.78 is 11.1. The third-order valence-corrected chi connectivity index (χ3v) is 3.24. The average Bonchev–Trinajstić information content (AvgIpc) is 2.78. The maximum absolute atomic E-state index is 5.72. The monoisotopic (exact) mass is 224 g/mol. The van der Waals surface area contributed by atoms with E-state index in [9.17, 15) is 0 Å². The fraction of sp³-hybridized carbons (Fsp3) is 0.750. The van der Waals surface area contributed by atoms with Gasteiger partial charge in [0.15, 0.2) is 5.89 Å². The van der Waals surface area contributed by atoms with Gasteiger partial charge in [0.1, 0.15) is 5.76 Å². The zero-order valence-corrected chi connectivity index (χ0v) is 10.0. The van der Waals surface area contributed by atoms with Gasteiger partial charge in [0.25, 0.3) is 0 Å². The molecule has 4 nitrogen and oxygen atoms in total. The molecule has 2 rings (SSSR count). The summed E-state index contributed by atoms with van der Waals surface area (Å²) in [7, 11) is 1.92. The number of rotatable bonds is 4. The van der Waals surface area contributed by atoms with E-state index in [4.69, 9.17) is 9.15 Å². The number of aromatic nitrogens is 1. The standard InChI is InChI=1S/C12H20N2O2/c1-9(13-2)11-8-14-12(16-11)7-10-3-5-15-6-4-10/h8-10,13H,3-7H2,1-2H3. The SMILES string of the molecule is CNC(C)c1cnc(CC2CCOCC2)o1. The van der Waals surface area contributed by atoms with Gasteiger partial charge >= 0.3 is 0 Å². The summed E-state index contributed by atoms with van der Waals surface area (Å²) in [6.07, 6.45) is 5.02. The first kappa shape index (κ1) is 11.6. The molecule has 2 heterocycles. The maximum atomic E-state index is 5.72. The van der Waals surface area contributed by atoms with Crippen molar-refractivity contribution in [2.24, 2.45) is 5.92 Å². The van der Waals surface area contributed by atoms with E-state index in [0.29, 0.717) is 5.92 Å². The fourth-order valence-corrected chi connectivity index (χ4v) is 1.96. The van der Waals surface area contributed by atoms with Crippen LogP contribution >= 0.6 is 0 Å². The fourth-order valence-electron chi connectivity index (χ4n) is 1.96. The third-order valence-electron chi connectivity index (χ3n) is 3.24. The van der Waals surface area contributed by atoms with E-state index in [1.165, 1.54) is 0 Å². The van der Waals surface area contributed by atoms with Crippen molar-refractivity contribution in [2.75, 3.05) is 20.3 Å². The van der Waals surface area contributed by atoms with Crippen molar-refractivity contribution in [3.05, 3.63) is 17.8 Å². The van der Waals surface area contributed by atoms with Crippen LogP contribution in [0.15, 0.2) is 10.6 Å². The van der Waals surface area contributed by atoms with Crippen LogP contribution in [-0.2, 0) is 11.2 Å². The minimum Gasteiger partial charge on any atom is -0.444 e. The Kier molecular flexibility index (Phi) is 3.96. The molecule has 1 aromatic heterocycles. The van der Waals surface area contributed by atoms with Gasteiger partial charge in [-0.3, -0.25) is 0 Å². The molecule has 1 N–H and O–H groups in total. The molecule has 16 heavy (non-hydrogen) atoms. The lowest BCUT2D eigenvalue weighted by Crippen LogP contribution is -2.17. The second-order valence-electron chi connectivity index (χ2n) is 4.43. The smallest absolute Gasteiger partial charge is 0.194 e. The summed E-state index contributed by atoms with van der Waals surface area (Å²) in [5.74, 6) is 2.46. The number of oxazole rings is 1. The Morgan fingerprint density at radius 2 is 2.25 bits per heavy atom. The van der Waals surface area contributed by atoms with Crippen molar-refractivity contribution in [2.45, 2.75) is 32.2 Å². The summed E-state index contributed by atoms with van der Waals surface area (Å²) in [6, 6.07) is 0.232. The lowest BCUT2D eigenvalue weighted by atomic mass is 9.97. The summed E-state index contributed by atoms with van der Waals surface area (Å²) in [4.78, 5) is 4.33. The molecule has 0 aliphatic carbocycles. The van der Waals surface area contributed by atoms with Crippen LogP contribution in [0.1, 0.15) is 37.5 Å². The van der Waals surface area contributed by atoms with Gasteiger partial charge in [-0.2, -0.15) is 0 Å². The molecule has 0 radical (unpaired) electrons. The molecule has 1 fully saturated rings. The Morgan fingerprint density at radius 1 is 1.50 bits per heavy atom. The predicted molar refractivity (Wildman–Crippen MR) is 61.2 cm³/mol. The van der Waals surface area contributed by atoms with Crippen LogP contribution in [0, 0.1) is 5.92 Å². The van der Waals surface area contributed by atoms with Crippen LogP contribution < -0.4 is 5.32 Å². The van der Waals surface area contributed by atoms with E-state index in [2.05, 4.69) is 17.2 Å². The molecule has 0 saturated carbocycles. The Balaban J connectivity index is 1.91. The molecule has 0 bridgehead atoms. The molecular formula is C12H20N2O2. The van der Waals surface area contributed by atoms with E-state index in [1.54, 1.807) is 0 Å². The molecule has 0 amide bonds. The van der Waals surface area contributed by atoms with Crippen LogP contribution in [0.4, 0.5) is 0 Å². The van der Waals surface area contributed by atoms with Gasteiger partial charge in [-0.1, -0.05) is 0 Å². The Bertz CT molecular complexity index is 319. The molecule has 1 aliphatic heterocycles. The lowest BCUT2D eigenvalue weighted by Gasteiger charge is -2.20. The topological polar surface area (TPSA) is 47.3 Å². The zero-order chi connectivity index (χ0) is 11.4. The lowest BCUT2D eigenvalue weighted by molar-refractivity contribution is 0.0645. The molecule has 1 aromatic rings. The van der Waals surface area contributed by atoms with Crippen molar-refractivity contribution in [1.82, 2.24) is 10.3 Å². The highest BCUT2D eigenvalue weighted by molar-refractivity contribution is 4.99. The summed E-state index contributed by atoms with van der Waals surface area (Å²) in [5, 5.41) is 3.14. The maximum Gasteiger partial charge on any atom is 0.194 e. The third kappa shape index (κ3) is 2.83. The number of nitrogens with one attached hydrogen (secondary N) is 1. The molecule has 4 heteroatoms. The minimum atomic E-state index is 0.232. The highest BCUT2D eigenvalue weighted by atomic mass is 16.5.